The first-order chi connectivity index (χ1) is 5.33. The Labute approximate surface area is 65.5 Å². The molecule has 1 heterocycles. The molecule has 1 aliphatic heterocycles. The topological polar surface area (TPSA) is 58.6 Å². The van der Waals surface area contributed by atoms with Crippen molar-refractivity contribution in [1.29, 1.82) is 0 Å². The van der Waals surface area contributed by atoms with Crippen molar-refractivity contribution in [3.8, 4) is 0 Å². The number of hydrogen-bond donors (Lipinski definition) is 2. The van der Waals surface area contributed by atoms with Crippen LogP contribution >= 0.6 is 0 Å². The van der Waals surface area contributed by atoms with Gasteiger partial charge in [-0.3, -0.25) is 4.79 Å². The van der Waals surface area contributed by atoms with E-state index in [2.05, 4.69) is 5.32 Å². The van der Waals surface area contributed by atoms with Crippen LogP contribution in [0.15, 0.2) is 0 Å². The predicted molar refractivity (Wildman–Crippen MR) is 39.1 cm³/mol. The summed E-state index contributed by atoms with van der Waals surface area (Å²) in [5.41, 5.74) is 0. The summed E-state index contributed by atoms with van der Waals surface area (Å²) in [6, 6.07) is 0.198. The van der Waals surface area contributed by atoms with Crippen LogP contribution in [-0.2, 0) is 9.53 Å². The van der Waals surface area contributed by atoms with Crippen LogP contribution in [0.4, 0.5) is 0 Å². The molecule has 11 heavy (non-hydrogen) atoms. The Balaban J connectivity index is 2.19. The van der Waals surface area contributed by atoms with Crippen molar-refractivity contribution >= 4 is 5.91 Å². The number of aliphatic hydroxyl groups is 1. The average molecular weight is 159 g/mol. The monoisotopic (exact) mass is 159 g/mol. The second-order valence-corrected chi connectivity index (χ2v) is 2.61. The van der Waals surface area contributed by atoms with E-state index in [-0.39, 0.29) is 11.9 Å². The molecule has 64 valence electrons. The molecule has 0 saturated carbocycles. The van der Waals surface area contributed by atoms with Crippen LogP contribution in [0.1, 0.15) is 12.8 Å². The van der Waals surface area contributed by atoms with Crippen molar-refractivity contribution in [2.75, 3.05) is 19.8 Å². The second kappa shape index (κ2) is 4.31. The fourth-order valence-electron chi connectivity index (χ4n) is 1.12. The lowest BCUT2D eigenvalue weighted by atomic mass is 10.1. The normalized spacial score (nSPS) is 19.7. The highest BCUT2D eigenvalue weighted by Gasteiger charge is 2.14. The zero-order valence-corrected chi connectivity index (χ0v) is 6.38. The minimum Gasteiger partial charge on any atom is -0.387 e. The molecule has 0 aromatic heterocycles. The van der Waals surface area contributed by atoms with Crippen LogP contribution in [0.2, 0.25) is 0 Å². The number of nitrogens with one attached hydrogen (secondary N) is 1. The van der Waals surface area contributed by atoms with Crippen molar-refractivity contribution in [2.24, 2.45) is 0 Å². The third-order valence-corrected chi connectivity index (χ3v) is 1.73. The summed E-state index contributed by atoms with van der Waals surface area (Å²) in [4.78, 5) is 10.7. The number of aliphatic hydroxyl groups excluding tert-OH is 1. The molecule has 0 radical (unpaired) electrons. The molecular weight excluding hydrogens is 146 g/mol. The van der Waals surface area contributed by atoms with E-state index in [1.807, 2.05) is 0 Å². The SMILES string of the molecule is O=C(CO)NC1CCOCC1. The Hall–Kier alpha value is -0.610. The van der Waals surface area contributed by atoms with E-state index in [9.17, 15) is 4.79 Å². The van der Waals surface area contributed by atoms with Gasteiger partial charge in [0.1, 0.15) is 6.61 Å². The molecule has 0 atom stereocenters. The first kappa shape index (κ1) is 8.49. The van der Waals surface area contributed by atoms with Gasteiger partial charge in [-0.15, -0.1) is 0 Å². The van der Waals surface area contributed by atoms with Gasteiger partial charge in [-0.2, -0.15) is 0 Å². The van der Waals surface area contributed by atoms with Gasteiger partial charge in [0.05, 0.1) is 0 Å². The number of carbonyl (C=O) groups is 1. The maximum absolute atomic E-state index is 10.7. The molecule has 1 rings (SSSR count). The molecule has 1 fully saturated rings. The fourth-order valence-corrected chi connectivity index (χ4v) is 1.12. The lowest BCUT2D eigenvalue weighted by Gasteiger charge is -2.22. The Kier molecular flexibility index (Phi) is 3.32. The fraction of sp³-hybridized carbons (Fsp3) is 0.857. The highest BCUT2D eigenvalue weighted by Crippen LogP contribution is 2.05. The summed E-state index contributed by atoms with van der Waals surface area (Å²) in [6.07, 6.45) is 1.71. The first-order valence-electron chi connectivity index (χ1n) is 3.81. The maximum atomic E-state index is 10.7. The van der Waals surface area contributed by atoms with E-state index in [0.717, 1.165) is 12.8 Å². The molecule has 0 unspecified atom stereocenters. The van der Waals surface area contributed by atoms with Gasteiger partial charge < -0.3 is 15.2 Å². The predicted octanol–water partition coefficient (Wildman–Crippen LogP) is -0.726. The van der Waals surface area contributed by atoms with Crippen LogP contribution in [0.3, 0.4) is 0 Å². The molecular formula is C7H13NO3. The van der Waals surface area contributed by atoms with Gasteiger partial charge in [-0.05, 0) is 12.8 Å². The summed E-state index contributed by atoms with van der Waals surface area (Å²) in [7, 11) is 0. The second-order valence-electron chi connectivity index (χ2n) is 2.61. The van der Waals surface area contributed by atoms with Crippen molar-refractivity contribution < 1.29 is 14.6 Å². The van der Waals surface area contributed by atoms with E-state index in [1.54, 1.807) is 0 Å². The molecule has 1 aliphatic rings. The first-order valence-corrected chi connectivity index (χ1v) is 3.81. The van der Waals surface area contributed by atoms with Gasteiger partial charge in [0.2, 0.25) is 5.91 Å². The summed E-state index contributed by atoms with van der Waals surface area (Å²) in [6.45, 7) is 0.990. The van der Waals surface area contributed by atoms with Gasteiger partial charge >= 0.3 is 0 Å². The van der Waals surface area contributed by atoms with Crippen LogP contribution in [0.5, 0.6) is 0 Å². The number of carbonyl (C=O) groups excluding carboxylic acids is 1. The largest absolute Gasteiger partial charge is 0.387 e. The Bertz CT molecular complexity index is 132. The van der Waals surface area contributed by atoms with E-state index in [1.165, 1.54) is 0 Å². The molecule has 0 aromatic rings. The van der Waals surface area contributed by atoms with Gasteiger partial charge in [-0.1, -0.05) is 0 Å². The van der Waals surface area contributed by atoms with Crippen LogP contribution in [0, 0.1) is 0 Å². The van der Waals surface area contributed by atoms with E-state index in [4.69, 9.17) is 9.84 Å². The zero-order chi connectivity index (χ0) is 8.10. The molecule has 0 aromatic carbocycles. The van der Waals surface area contributed by atoms with Crippen molar-refractivity contribution in [3.05, 3.63) is 0 Å². The smallest absolute Gasteiger partial charge is 0.245 e. The third kappa shape index (κ3) is 2.86. The Morgan fingerprint density at radius 3 is 2.73 bits per heavy atom. The van der Waals surface area contributed by atoms with Gasteiger partial charge in [0.15, 0.2) is 0 Å². The molecule has 2 N–H and O–H groups in total. The minimum absolute atomic E-state index is 0.198. The number of hydrogen-bond acceptors (Lipinski definition) is 3. The van der Waals surface area contributed by atoms with E-state index in [0.29, 0.717) is 13.2 Å². The van der Waals surface area contributed by atoms with E-state index >= 15 is 0 Å². The molecule has 1 saturated heterocycles. The Morgan fingerprint density at radius 1 is 1.55 bits per heavy atom. The third-order valence-electron chi connectivity index (χ3n) is 1.73. The zero-order valence-electron chi connectivity index (χ0n) is 6.38. The van der Waals surface area contributed by atoms with Gasteiger partial charge in [-0.25, -0.2) is 0 Å². The van der Waals surface area contributed by atoms with Crippen molar-refractivity contribution in [1.82, 2.24) is 5.32 Å². The van der Waals surface area contributed by atoms with Crippen LogP contribution < -0.4 is 5.32 Å². The molecule has 0 spiro atoms. The van der Waals surface area contributed by atoms with Gasteiger partial charge in [0.25, 0.3) is 0 Å². The number of ether oxygens (including phenoxy) is 1. The number of amides is 1. The molecule has 0 bridgehead atoms. The van der Waals surface area contributed by atoms with E-state index < -0.39 is 6.61 Å². The molecule has 4 heteroatoms. The van der Waals surface area contributed by atoms with Crippen LogP contribution in [0.25, 0.3) is 0 Å². The summed E-state index contributed by atoms with van der Waals surface area (Å²) < 4.78 is 5.10. The van der Waals surface area contributed by atoms with Crippen LogP contribution in [-0.4, -0.2) is 36.9 Å². The summed E-state index contributed by atoms with van der Waals surface area (Å²) >= 11 is 0. The lowest BCUT2D eigenvalue weighted by molar-refractivity contribution is -0.125. The quantitative estimate of drug-likeness (QED) is 0.558. The van der Waals surface area contributed by atoms with Crippen molar-refractivity contribution in [2.45, 2.75) is 18.9 Å². The minimum atomic E-state index is -0.419. The lowest BCUT2D eigenvalue weighted by Crippen LogP contribution is -2.40. The van der Waals surface area contributed by atoms with Crippen molar-refractivity contribution in [3.63, 3.8) is 0 Å². The summed E-state index contributed by atoms with van der Waals surface area (Å²) in [5, 5.41) is 11.1. The standard InChI is InChI=1S/C7H13NO3/c9-5-7(10)8-6-1-3-11-4-2-6/h6,9H,1-5H2,(H,8,10). The molecule has 0 aliphatic carbocycles. The Morgan fingerprint density at radius 2 is 2.18 bits per heavy atom. The average Bonchev–Trinajstić information content (AvgIpc) is 2.06. The number of rotatable bonds is 2. The highest BCUT2D eigenvalue weighted by atomic mass is 16.5. The molecule has 1 amide bonds. The maximum Gasteiger partial charge on any atom is 0.245 e. The van der Waals surface area contributed by atoms with Gasteiger partial charge in [0, 0.05) is 19.3 Å². The summed E-state index contributed by atoms with van der Waals surface area (Å²) in [5.74, 6) is -0.295. The molecule has 4 nitrogen and oxygen atoms in total. The highest BCUT2D eigenvalue weighted by molar-refractivity contribution is 5.77.